The molecule has 7 heteroatoms. The van der Waals surface area contributed by atoms with E-state index in [1.165, 1.54) is 38.5 Å². The van der Waals surface area contributed by atoms with Gasteiger partial charge in [-0.2, -0.15) is 0 Å². The van der Waals surface area contributed by atoms with Crippen molar-refractivity contribution in [1.29, 1.82) is 0 Å². The second-order valence-corrected chi connectivity index (χ2v) is 5.93. The number of rotatable bonds is 15. The van der Waals surface area contributed by atoms with Gasteiger partial charge in [0.15, 0.2) is 0 Å². The van der Waals surface area contributed by atoms with E-state index in [0.717, 1.165) is 24.2 Å². The Balaban J connectivity index is 0. The quantitative estimate of drug-likeness (QED) is 0.349. The molecular weight excluding hydrogens is 321 g/mol. The van der Waals surface area contributed by atoms with Crippen LogP contribution in [0, 0.1) is 0 Å². The van der Waals surface area contributed by atoms with E-state index in [1.807, 2.05) is 0 Å². The maximum Gasteiger partial charge on any atom is 0.323 e. The van der Waals surface area contributed by atoms with Crippen LogP contribution in [0.25, 0.3) is 0 Å². The molecule has 1 radical (unpaired) electrons. The molecule has 0 spiro atoms. The van der Waals surface area contributed by atoms with E-state index >= 15 is 0 Å². The predicted molar refractivity (Wildman–Crippen MR) is 94.1 cm³/mol. The number of carbonyl (C=O) groups is 3. The van der Waals surface area contributed by atoms with Gasteiger partial charge >= 0.3 is 11.9 Å². The number of unbranched alkanes of at least 4 members (excludes halogenated alkanes) is 8. The predicted octanol–water partition coefficient (Wildman–Crippen LogP) is 2.91. The van der Waals surface area contributed by atoms with Crippen LogP contribution in [0.1, 0.15) is 77.6 Å². The molecule has 0 aromatic heterocycles. The van der Waals surface area contributed by atoms with E-state index in [0.29, 0.717) is 6.42 Å². The van der Waals surface area contributed by atoms with Gasteiger partial charge in [0.1, 0.15) is 6.54 Å². The zero-order valence-corrected chi connectivity index (χ0v) is 17.3. The van der Waals surface area contributed by atoms with Crippen LogP contribution in [0.5, 0.6) is 0 Å². The Morgan fingerprint density at radius 1 is 0.750 bits per heavy atom. The third-order valence-corrected chi connectivity index (χ3v) is 3.77. The summed E-state index contributed by atoms with van der Waals surface area (Å²) in [5, 5.41) is 17.4. The number of hydrogen-bond donors (Lipinski definition) is 2. The van der Waals surface area contributed by atoms with Gasteiger partial charge < -0.3 is 15.1 Å². The molecule has 2 N–H and O–H groups in total. The summed E-state index contributed by atoms with van der Waals surface area (Å²) >= 11 is 0. The van der Waals surface area contributed by atoms with Gasteiger partial charge in [-0.3, -0.25) is 14.4 Å². The third kappa shape index (κ3) is 16.3. The van der Waals surface area contributed by atoms with Gasteiger partial charge in [-0.15, -0.1) is 0 Å². The average Bonchev–Trinajstić information content (AvgIpc) is 2.49. The summed E-state index contributed by atoms with van der Waals surface area (Å²) in [6, 6.07) is 0. The number of hydrogen-bond acceptors (Lipinski definition) is 3. The van der Waals surface area contributed by atoms with E-state index in [4.69, 9.17) is 10.2 Å². The molecule has 0 bridgehead atoms. The van der Waals surface area contributed by atoms with E-state index in [9.17, 15) is 14.4 Å². The van der Waals surface area contributed by atoms with Gasteiger partial charge in [0, 0.05) is 42.5 Å². The molecule has 135 valence electrons. The summed E-state index contributed by atoms with van der Waals surface area (Å²) in [5.41, 5.74) is 0. The van der Waals surface area contributed by atoms with E-state index in [2.05, 4.69) is 6.92 Å². The number of carbonyl (C=O) groups excluding carboxylic acids is 1. The molecule has 0 unspecified atom stereocenters. The first-order valence-corrected chi connectivity index (χ1v) is 8.68. The molecule has 0 aromatic rings. The van der Waals surface area contributed by atoms with Crippen LogP contribution in [-0.4, -0.2) is 75.6 Å². The smallest absolute Gasteiger partial charge is 0.323 e. The van der Waals surface area contributed by atoms with Gasteiger partial charge in [0.25, 0.3) is 0 Å². The Morgan fingerprint density at radius 3 is 1.71 bits per heavy atom. The summed E-state index contributed by atoms with van der Waals surface area (Å²) in [5.74, 6) is -2.41. The van der Waals surface area contributed by atoms with Crippen molar-refractivity contribution >= 4 is 47.4 Å². The van der Waals surface area contributed by atoms with Crippen molar-refractivity contribution in [2.45, 2.75) is 77.6 Å². The zero-order valence-electron chi connectivity index (χ0n) is 15.3. The van der Waals surface area contributed by atoms with Crippen LogP contribution < -0.4 is 0 Å². The second kappa shape index (κ2) is 17.2. The summed E-state index contributed by atoms with van der Waals surface area (Å²) in [6.45, 7) is 1.72. The van der Waals surface area contributed by atoms with Crippen molar-refractivity contribution in [3.63, 3.8) is 0 Å². The molecule has 0 aliphatic rings. The molecule has 0 saturated heterocycles. The van der Waals surface area contributed by atoms with Crippen LogP contribution in [0.15, 0.2) is 0 Å². The number of amides is 1. The van der Waals surface area contributed by atoms with Crippen molar-refractivity contribution in [2.24, 2.45) is 0 Å². The fourth-order valence-corrected chi connectivity index (χ4v) is 2.43. The normalized spacial score (nSPS) is 10.0. The Bertz CT molecular complexity index is 363. The van der Waals surface area contributed by atoms with Crippen LogP contribution >= 0.6 is 0 Å². The van der Waals surface area contributed by atoms with Crippen molar-refractivity contribution in [2.75, 3.05) is 13.1 Å². The van der Waals surface area contributed by atoms with Crippen molar-refractivity contribution in [1.82, 2.24) is 4.90 Å². The van der Waals surface area contributed by atoms with Crippen molar-refractivity contribution < 1.29 is 24.6 Å². The Morgan fingerprint density at radius 2 is 1.25 bits per heavy atom. The van der Waals surface area contributed by atoms with Crippen molar-refractivity contribution in [3.8, 4) is 0 Å². The first kappa shape index (κ1) is 25.6. The summed E-state index contributed by atoms with van der Waals surface area (Å²) in [6.07, 6.45) is 10.4. The van der Waals surface area contributed by atoms with E-state index in [1.54, 1.807) is 0 Å². The molecular formula is C17H31NNaO5. The second-order valence-electron chi connectivity index (χ2n) is 5.93. The van der Waals surface area contributed by atoms with Gasteiger partial charge in [-0.1, -0.05) is 58.3 Å². The van der Waals surface area contributed by atoms with E-state index in [-0.39, 0.29) is 48.4 Å². The Labute approximate surface area is 167 Å². The molecule has 0 fully saturated rings. The third-order valence-electron chi connectivity index (χ3n) is 3.77. The molecule has 0 saturated carbocycles. The zero-order chi connectivity index (χ0) is 17.5. The van der Waals surface area contributed by atoms with Gasteiger partial charge in [0.05, 0.1) is 6.42 Å². The van der Waals surface area contributed by atoms with Gasteiger partial charge in [-0.05, 0) is 6.42 Å². The number of nitrogens with zero attached hydrogens (tertiary/aromatic N) is 1. The number of aliphatic carboxylic acids is 2. The molecule has 0 aliphatic carbocycles. The van der Waals surface area contributed by atoms with Crippen LogP contribution in [0.2, 0.25) is 0 Å². The maximum atomic E-state index is 12.0. The minimum absolute atomic E-state index is 0. The first-order chi connectivity index (χ1) is 11.0. The monoisotopic (exact) mass is 352 g/mol. The number of carboxylic acid groups (broad SMARTS) is 2. The largest absolute Gasteiger partial charge is 0.481 e. The number of carboxylic acids is 2. The molecule has 1 amide bonds. The standard InChI is InChI=1S/C17H31NO5.Na/c1-2-3-4-5-6-7-8-9-10-11-15(19)18(14-17(22)23)13-12-16(20)21;/h2-14H2,1H3,(H,20,21)(H,22,23);. The summed E-state index contributed by atoms with van der Waals surface area (Å²) < 4.78 is 0. The Hall–Kier alpha value is -0.590. The molecule has 0 rings (SSSR count). The van der Waals surface area contributed by atoms with Crippen LogP contribution in [-0.2, 0) is 14.4 Å². The topological polar surface area (TPSA) is 94.9 Å². The Kier molecular flexibility index (Phi) is 18.4. The van der Waals surface area contributed by atoms with Crippen LogP contribution in [0.3, 0.4) is 0 Å². The summed E-state index contributed by atoms with van der Waals surface area (Å²) in [7, 11) is 0. The molecule has 24 heavy (non-hydrogen) atoms. The van der Waals surface area contributed by atoms with Crippen LogP contribution in [0.4, 0.5) is 0 Å². The van der Waals surface area contributed by atoms with Gasteiger partial charge in [0.2, 0.25) is 5.91 Å². The minimum Gasteiger partial charge on any atom is -0.481 e. The van der Waals surface area contributed by atoms with E-state index < -0.39 is 18.5 Å². The molecule has 0 aliphatic heterocycles. The molecule has 0 atom stereocenters. The minimum atomic E-state index is -1.11. The van der Waals surface area contributed by atoms with Crippen molar-refractivity contribution in [3.05, 3.63) is 0 Å². The van der Waals surface area contributed by atoms with Gasteiger partial charge in [-0.25, -0.2) is 0 Å². The SMILES string of the molecule is CCCCCCCCCCCC(=O)N(CCC(=O)O)CC(=O)O.[Na]. The summed E-state index contributed by atoms with van der Waals surface area (Å²) in [4.78, 5) is 34.4. The molecule has 6 nitrogen and oxygen atoms in total. The fourth-order valence-electron chi connectivity index (χ4n) is 2.43. The maximum absolute atomic E-state index is 12.0. The fraction of sp³-hybridized carbons (Fsp3) is 0.824. The average molecular weight is 352 g/mol. The molecule has 0 heterocycles. The molecule has 0 aromatic carbocycles. The first-order valence-electron chi connectivity index (χ1n) is 8.68.